The Balaban J connectivity index is 1.24. The largest absolute Gasteiger partial charge is 0.345 e. The van der Waals surface area contributed by atoms with Gasteiger partial charge in [-0.05, 0) is 47.5 Å². The van der Waals surface area contributed by atoms with Crippen molar-refractivity contribution in [2.24, 2.45) is 0 Å². The normalized spacial score (nSPS) is 11.2. The first-order chi connectivity index (χ1) is 17.5. The quantitative estimate of drug-likeness (QED) is 0.242. The zero-order valence-electron chi connectivity index (χ0n) is 19.1. The van der Waals surface area contributed by atoms with Crippen molar-refractivity contribution in [3.05, 3.63) is 109 Å². The predicted octanol–water partition coefficient (Wildman–Crippen LogP) is 5.35. The molecule has 36 heavy (non-hydrogen) atoms. The van der Waals surface area contributed by atoms with E-state index < -0.39 is 10.0 Å². The summed E-state index contributed by atoms with van der Waals surface area (Å²) in [6.45, 7) is 0.312. The summed E-state index contributed by atoms with van der Waals surface area (Å²) in [6.07, 6.45) is 1.62. The summed E-state index contributed by atoms with van der Waals surface area (Å²) < 4.78 is 28.9. The summed E-state index contributed by atoms with van der Waals surface area (Å²) in [5.74, 6) is 0. The maximum absolute atomic E-state index is 13.2. The number of urea groups is 1. The van der Waals surface area contributed by atoms with Crippen LogP contribution in [0.3, 0.4) is 0 Å². The lowest BCUT2D eigenvalue weighted by molar-refractivity contribution is 0.252. The van der Waals surface area contributed by atoms with E-state index >= 15 is 0 Å². The van der Waals surface area contributed by atoms with Gasteiger partial charge >= 0.3 is 6.03 Å². The van der Waals surface area contributed by atoms with E-state index in [2.05, 4.69) is 25.3 Å². The summed E-state index contributed by atoms with van der Waals surface area (Å²) in [5, 5.41) is 5.56. The third-order valence-electron chi connectivity index (χ3n) is 5.63. The van der Waals surface area contributed by atoms with Crippen molar-refractivity contribution in [2.45, 2.75) is 11.4 Å². The standard InChI is InChI=1S/C27H23N5O3S/c33-27(28-17-20-9-6-11-24-26(20)30-18-29-24)31-21-13-15-22(16-14-21)32-36(34,35)25-12-5-4-10-23(25)19-7-2-1-3-8-19/h1-16,18,32H,17H2,(H,29,30)(H2,28,31,33). The number of nitrogens with zero attached hydrogens (tertiary/aromatic N) is 1. The van der Waals surface area contributed by atoms with Crippen LogP contribution in [0.2, 0.25) is 0 Å². The summed E-state index contributed by atoms with van der Waals surface area (Å²) in [4.78, 5) is 19.9. The molecule has 8 nitrogen and oxygen atoms in total. The van der Waals surface area contributed by atoms with Crippen LogP contribution in [-0.4, -0.2) is 24.4 Å². The molecule has 2 amide bonds. The molecule has 4 N–H and O–H groups in total. The van der Waals surface area contributed by atoms with Crippen molar-refractivity contribution in [3.63, 3.8) is 0 Å². The highest BCUT2D eigenvalue weighted by Gasteiger charge is 2.19. The second-order valence-electron chi connectivity index (χ2n) is 8.07. The number of rotatable bonds is 7. The van der Waals surface area contributed by atoms with Crippen LogP contribution in [-0.2, 0) is 16.6 Å². The molecule has 0 spiro atoms. The van der Waals surface area contributed by atoms with Gasteiger partial charge in [0.15, 0.2) is 0 Å². The first kappa shape index (κ1) is 23.1. The van der Waals surface area contributed by atoms with Crippen LogP contribution in [0.25, 0.3) is 22.2 Å². The molecule has 9 heteroatoms. The van der Waals surface area contributed by atoms with Gasteiger partial charge in [-0.15, -0.1) is 0 Å². The Morgan fingerprint density at radius 2 is 1.53 bits per heavy atom. The number of hydrogen-bond donors (Lipinski definition) is 4. The molecular formula is C27H23N5O3S. The molecule has 1 aromatic heterocycles. The number of carbonyl (C=O) groups excluding carboxylic acids is 1. The fraction of sp³-hybridized carbons (Fsp3) is 0.0370. The topological polar surface area (TPSA) is 116 Å². The van der Waals surface area contributed by atoms with E-state index in [0.29, 0.717) is 23.5 Å². The van der Waals surface area contributed by atoms with Gasteiger partial charge in [-0.1, -0.05) is 60.7 Å². The molecule has 0 aliphatic heterocycles. The van der Waals surface area contributed by atoms with Crippen molar-refractivity contribution in [1.82, 2.24) is 15.3 Å². The number of nitrogens with one attached hydrogen (secondary N) is 4. The first-order valence-corrected chi connectivity index (χ1v) is 12.7. The molecule has 0 saturated heterocycles. The molecule has 1 heterocycles. The smallest absolute Gasteiger partial charge is 0.319 e. The number of aromatic nitrogens is 2. The molecule has 5 aromatic rings. The van der Waals surface area contributed by atoms with Crippen molar-refractivity contribution in [3.8, 4) is 11.1 Å². The number of amides is 2. The van der Waals surface area contributed by atoms with Crippen molar-refractivity contribution < 1.29 is 13.2 Å². The van der Waals surface area contributed by atoms with E-state index in [-0.39, 0.29) is 10.9 Å². The number of benzene rings is 4. The Kier molecular flexibility index (Phi) is 6.38. The summed E-state index contributed by atoms with van der Waals surface area (Å²) in [6, 6.07) is 28.0. The van der Waals surface area contributed by atoms with E-state index in [0.717, 1.165) is 22.2 Å². The fourth-order valence-corrected chi connectivity index (χ4v) is 5.20. The van der Waals surface area contributed by atoms with Gasteiger partial charge in [-0.3, -0.25) is 4.72 Å². The lowest BCUT2D eigenvalue weighted by Crippen LogP contribution is -2.28. The Labute approximate surface area is 208 Å². The SMILES string of the molecule is O=C(NCc1cccc2[nH]cnc12)Nc1ccc(NS(=O)(=O)c2ccccc2-c2ccccc2)cc1. The van der Waals surface area contributed by atoms with Gasteiger partial charge in [-0.25, -0.2) is 18.2 Å². The number of para-hydroxylation sites is 1. The molecule has 0 bridgehead atoms. The number of imidazole rings is 1. The first-order valence-electron chi connectivity index (χ1n) is 11.2. The average molecular weight is 498 g/mol. The third kappa shape index (κ3) is 5.06. The Bertz CT molecular complexity index is 1610. The monoisotopic (exact) mass is 497 g/mol. The molecule has 0 radical (unpaired) electrons. The van der Waals surface area contributed by atoms with Gasteiger partial charge in [0.25, 0.3) is 10.0 Å². The van der Waals surface area contributed by atoms with Crippen LogP contribution in [0, 0.1) is 0 Å². The Morgan fingerprint density at radius 3 is 2.33 bits per heavy atom. The maximum atomic E-state index is 13.2. The van der Waals surface area contributed by atoms with Crippen LogP contribution in [0.15, 0.2) is 108 Å². The highest BCUT2D eigenvalue weighted by Crippen LogP contribution is 2.28. The number of anilines is 2. The Hall–Kier alpha value is -4.63. The van der Waals surface area contributed by atoms with E-state index in [1.807, 2.05) is 54.6 Å². The zero-order valence-corrected chi connectivity index (χ0v) is 19.9. The minimum atomic E-state index is -3.84. The second kappa shape index (κ2) is 9.93. The number of hydrogen-bond acceptors (Lipinski definition) is 4. The summed E-state index contributed by atoms with van der Waals surface area (Å²) in [5.41, 5.74) is 4.94. The summed E-state index contributed by atoms with van der Waals surface area (Å²) >= 11 is 0. The van der Waals surface area contributed by atoms with Crippen molar-refractivity contribution in [1.29, 1.82) is 0 Å². The molecule has 4 aromatic carbocycles. The van der Waals surface area contributed by atoms with Gasteiger partial charge in [0.2, 0.25) is 0 Å². The summed E-state index contributed by atoms with van der Waals surface area (Å²) in [7, 11) is -3.84. The van der Waals surface area contributed by atoms with Gasteiger partial charge in [0.05, 0.1) is 22.3 Å². The van der Waals surface area contributed by atoms with Gasteiger partial charge in [0, 0.05) is 23.5 Å². The predicted molar refractivity (Wildman–Crippen MR) is 141 cm³/mol. The fourth-order valence-electron chi connectivity index (χ4n) is 3.91. The van der Waals surface area contributed by atoms with Crippen LogP contribution < -0.4 is 15.4 Å². The van der Waals surface area contributed by atoms with E-state index in [9.17, 15) is 13.2 Å². The van der Waals surface area contributed by atoms with Crippen LogP contribution in [0.1, 0.15) is 5.56 Å². The van der Waals surface area contributed by atoms with Crippen LogP contribution in [0.5, 0.6) is 0 Å². The van der Waals surface area contributed by atoms with Crippen molar-refractivity contribution in [2.75, 3.05) is 10.0 Å². The number of aromatic amines is 1. The zero-order chi connectivity index (χ0) is 25.0. The van der Waals surface area contributed by atoms with Crippen LogP contribution >= 0.6 is 0 Å². The molecule has 0 unspecified atom stereocenters. The van der Waals surface area contributed by atoms with E-state index in [1.54, 1.807) is 48.8 Å². The van der Waals surface area contributed by atoms with E-state index in [1.165, 1.54) is 0 Å². The van der Waals surface area contributed by atoms with Gasteiger partial charge in [0.1, 0.15) is 0 Å². The van der Waals surface area contributed by atoms with Gasteiger partial charge < -0.3 is 15.6 Å². The second-order valence-corrected chi connectivity index (χ2v) is 9.72. The number of H-pyrrole nitrogens is 1. The number of sulfonamides is 1. The number of carbonyl (C=O) groups is 1. The molecular weight excluding hydrogens is 474 g/mol. The van der Waals surface area contributed by atoms with E-state index in [4.69, 9.17) is 0 Å². The highest BCUT2D eigenvalue weighted by molar-refractivity contribution is 7.92. The number of fused-ring (bicyclic) bond motifs is 1. The van der Waals surface area contributed by atoms with Crippen LogP contribution in [0.4, 0.5) is 16.2 Å². The third-order valence-corrected chi connectivity index (χ3v) is 7.07. The average Bonchev–Trinajstić information content (AvgIpc) is 3.39. The minimum Gasteiger partial charge on any atom is -0.345 e. The lowest BCUT2D eigenvalue weighted by Gasteiger charge is -2.13. The molecule has 0 saturated carbocycles. The Morgan fingerprint density at radius 1 is 0.806 bits per heavy atom. The highest BCUT2D eigenvalue weighted by atomic mass is 32.2. The lowest BCUT2D eigenvalue weighted by atomic mass is 10.1. The molecule has 180 valence electrons. The molecule has 0 aliphatic carbocycles. The van der Waals surface area contributed by atoms with Crippen molar-refractivity contribution >= 4 is 38.5 Å². The minimum absolute atomic E-state index is 0.185. The molecule has 0 atom stereocenters. The molecule has 0 aliphatic rings. The molecule has 5 rings (SSSR count). The van der Waals surface area contributed by atoms with Gasteiger partial charge in [-0.2, -0.15) is 0 Å². The molecule has 0 fully saturated rings. The maximum Gasteiger partial charge on any atom is 0.319 e.